The molecule has 0 N–H and O–H groups in total. The van der Waals surface area contributed by atoms with Gasteiger partial charge in [-0.2, -0.15) is 0 Å². The van der Waals surface area contributed by atoms with Gasteiger partial charge < -0.3 is 0 Å². The van der Waals surface area contributed by atoms with Crippen molar-refractivity contribution in [3.05, 3.63) is 35.4 Å². The molecule has 0 radical (unpaired) electrons. The third-order valence-electron chi connectivity index (χ3n) is 7.59. The van der Waals surface area contributed by atoms with Crippen molar-refractivity contribution in [1.29, 1.82) is 0 Å². The Morgan fingerprint density at radius 2 is 1.27 bits per heavy atom. The quantitative estimate of drug-likeness (QED) is 0.411. The highest BCUT2D eigenvalue weighted by atomic mass is 14.4. The highest BCUT2D eigenvalue weighted by molar-refractivity contribution is 5.24. The summed E-state index contributed by atoms with van der Waals surface area (Å²) in [5, 5.41) is 0. The molecule has 3 rings (SSSR count). The van der Waals surface area contributed by atoms with Gasteiger partial charge in [-0.3, -0.25) is 0 Å². The van der Waals surface area contributed by atoms with E-state index in [1.54, 1.807) is 18.4 Å². The number of unbranched alkanes of at least 4 members (excludes halogenated alkanes) is 4. The molecular formula is C26H42. The van der Waals surface area contributed by atoms with E-state index in [1.165, 1.54) is 82.6 Å². The van der Waals surface area contributed by atoms with E-state index in [0.717, 1.165) is 23.7 Å². The monoisotopic (exact) mass is 354 g/mol. The minimum atomic E-state index is 0.839. The largest absolute Gasteiger partial charge is 0.0654 e. The molecule has 0 aliphatic heterocycles. The molecule has 2 saturated carbocycles. The number of hydrogen-bond acceptors (Lipinski definition) is 0. The summed E-state index contributed by atoms with van der Waals surface area (Å²) in [7, 11) is 0. The maximum atomic E-state index is 2.38. The van der Waals surface area contributed by atoms with Gasteiger partial charge in [0.15, 0.2) is 0 Å². The molecule has 26 heavy (non-hydrogen) atoms. The Kier molecular flexibility index (Phi) is 8.08. The zero-order valence-corrected chi connectivity index (χ0v) is 17.5. The fourth-order valence-electron chi connectivity index (χ4n) is 5.75. The van der Waals surface area contributed by atoms with Crippen molar-refractivity contribution in [2.75, 3.05) is 0 Å². The summed E-state index contributed by atoms with van der Waals surface area (Å²) in [6, 6.07) is 9.36. The first kappa shape index (κ1) is 20.0. The Morgan fingerprint density at radius 1 is 0.692 bits per heavy atom. The number of benzene rings is 1. The Labute approximate surface area is 163 Å². The van der Waals surface area contributed by atoms with Crippen LogP contribution >= 0.6 is 0 Å². The van der Waals surface area contributed by atoms with Crippen molar-refractivity contribution in [3.8, 4) is 0 Å². The zero-order chi connectivity index (χ0) is 18.2. The molecule has 0 saturated heterocycles. The molecule has 0 spiro atoms. The third kappa shape index (κ3) is 5.86. The maximum absolute atomic E-state index is 2.38. The Balaban J connectivity index is 1.34. The number of rotatable bonds is 8. The summed E-state index contributed by atoms with van der Waals surface area (Å²) >= 11 is 0. The molecule has 2 fully saturated rings. The van der Waals surface area contributed by atoms with E-state index in [2.05, 4.69) is 38.1 Å². The lowest BCUT2D eigenvalue weighted by atomic mass is 9.68. The zero-order valence-electron chi connectivity index (χ0n) is 17.5. The predicted octanol–water partition coefficient (Wildman–Crippen LogP) is 8.44. The van der Waals surface area contributed by atoms with Crippen molar-refractivity contribution in [3.63, 3.8) is 0 Å². The topological polar surface area (TPSA) is 0 Å². The van der Waals surface area contributed by atoms with Gasteiger partial charge in [0.25, 0.3) is 0 Å². The summed E-state index contributed by atoms with van der Waals surface area (Å²) in [4.78, 5) is 0. The number of hydrogen-bond donors (Lipinski definition) is 0. The lowest BCUT2D eigenvalue weighted by Crippen LogP contribution is -2.25. The van der Waals surface area contributed by atoms with Crippen LogP contribution in [0.1, 0.15) is 114 Å². The normalized spacial score (nSPS) is 29.6. The number of aryl methyl sites for hydroxylation is 1. The first-order valence-corrected chi connectivity index (χ1v) is 11.8. The van der Waals surface area contributed by atoms with Crippen LogP contribution in [0.2, 0.25) is 0 Å². The molecule has 0 atom stereocenters. The lowest BCUT2D eigenvalue weighted by Gasteiger charge is -2.38. The van der Waals surface area contributed by atoms with E-state index in [9.17, 15) is 0 Å². The Morgan fingerprint density at radius 3 is 1.88 bits per heavy atom. The standard InChI is InChI=1S/C26H42/c1-3-4-5-6-7-8-22-11-15-24(16-12-22)26-19-17-25(18-20-26)23-13-9-21(2)10-14-23/h9-10,13-14,22,24-26H,3-8,11-12,15-20H2,1-2H3. The summed E-state index contributed by atoms with van der Waals surface area (Å²) in [6.45, 7) is 4.51. The SMILES string of the molecule is CCCCCCCC1CCC(C2CCC(c3ccc(C)cc3)CC2)CC1. The molecule has 0 heteroatoms. The molecule has 0 bridgehead atoms. The second-order valence-electron chi connectivity index (χ2n) is 9.51. The van der Waals surface area contributed by atoms with Crippen molar-refractivity contribution < 1.29 is 0 Å². The van der Waals surface area contributed by atoms with E-state index in [0.29, 0.717) is 0 Å². The highest BCUT2D eigenvalue weighted by Gasteiger charge is 2.31. The van der Waals surface area contributed by atoms with Gasteiger partial charge in [-0.25, -0.2) is 0 Å². The molecular weight excluding hydrogens is 312 g/mol. The van der Waals surface area contributed by atoms with Crippen LogP contribution in [-0.4, -0.2) is 0 Å². The fourth-order valence-corrected chi connectivity index (χ4v) is 5.75. The van der Waals surface area contributed by atoms with E-state index >= 15 is 0 Å². The minimum absolute atomic E-state index is 0.839. The summed E-state index contributed by atoms with van der Waals surface area (Å²) in [5.41, 5.74) is 2.99. The summed E-state index contributed by atoms with van der Waals surface area (Å²) < 4.78 is 0. The first-order valence-electron chi connectivity index (χ1n) is 11.8. The van der Waals surface area contributed by atoms with Crippen LogP contribution in [-0.2, 0) is 0 Å². The lowest BCUT2D eigenvalue weighted by molar-refractivity contribution is 0.155. The van der Waals surface area contributed by atoms with Gasteiger partial charge in [0.2, 0.25) is 0 Å². The van der Waals surface area contributed by atoms with Gasteiger partial charge in [-0.05, 0) is 74.7 Å². The van der Waals surface area contributed by atoms with Crippen LogP contribution in [0.25, 0.3) is 0 Å². The molecule has 2 aliphatic rings. The molecule has 1 aromatic carbocycles. The molecule has 0 heterocycles. The van der Waals surface area contributed by atoms with Crippen LogP contribution in [0.15, 0.2) is 24.3 Å². The second-order valence-corrected chi connectivity index (χ2v) is 9.51. The summed E-state index contributed by atoms with van der Waals surface area (Å²) in [5.74, 6) is 4.01. The molecule has 2 aliphatic carbocycles. The van der Waals surface area contributed by atoms with Crippen molar-refractivity contribution >= 4 is 0 Å². The smallest absolute Gasteiger partial charge is 0.0162 e. The van der Waals surface area contributed by atoms with Gasteiger partial charge in [0.1, 0.15) is 0 Å². The molecule has 146 valence electrons. The average molecular weight is 355 g/mol. The van der Waals surface area contributed by atoms with Gasteiger partial charge in [-0.15, -0.1) is 0 Å². The molecule has 0 unspecified atom stereocenters. The Hall–Kier alpha value is -0.780. The maximum Gasteiger partial charge on any atom is -0.0162 e. The van der Waals surface area contributed by atoms with E-state index in [1.807, 2.05) is 0 Å². The van der Waals surface area contributed by atoms with Crippen LogP contribution in [0.3, 0.4) is 0 Å². The van der Waals surface area contributed by atoms with Gasteiger partial charge >= 0.3 is 0 Å². The fraction of sp³-hybridized carbons (Fsp3) is 0.769. The van der Waals surface area contributed by atoms with Crippen molar-refractivity contribution in [2.45, 2.75) is 110 Å². The summed E-state index contributed by atoms with van der Waals surface area (Å²) in [6.07, 6.45) is 20.8. The van der Waals surface area contributed by atoms with Crippen LogP contribution in [0.4, 0.5) is 0 Å². The van der Waals surface area contributed by atoms with Crippen molar-refractivity contribution in [2.24, 2.45) is 17.8 Å². The second kappa shape index (κ2) is 10.5. The van der Waals surface area contributed by atoms with E-state index < -0.39 is 0 Å². The predicted molar refractivity (Wildman–Crippen MR) is 115 cm³/mol. The average Bonchev–Trinajstić information content (AvgIpc) is 2.69. The third-order valence-corrected chi connectivity index (χ3v) is 7.59. The highest BCUT2D eigenvalue weighted by Crippen LogP contribution is 2.44. The van der Waals surface area contributed by atoms with Gasteiger partial charge in [0.05, 0.1) is 0 Å². The molecule has 1 aromatic rings. The van der Waals surface area contributed by atoms with Crippen LogP contribution in [0.5, 0.6) is 0 Å². The van der Waals surface area contributed by atoms with Crippen molar-refractivity contribution in [1.82, 2.24) is 0 Å². The Bertz CT molecular complexity index is 483. The van der Waals surface area contributed by atoms with E-state index in [-0.39, 0.29) is 0 Å². The van der Waals surface area contributed by atoms with Crippen LogP contribution in [0, 0.1) is 24.7 Å². The minimum Gasteiger partial charge on any atom is -0.0654 e. The molecule has 0 aromatic heterocycles. The van der Waals surface area contributed by atoms with Gasteiger partial charge in [0, 0.05) is 0 Å². The molecule has 0 nitrogen and oxygen atoms in total. The molecule has 0 amide bonds. The van der Waals surface area contributed by atoms with E-state index in [4.69, 9.17) is 0 Å². The first-order chi connectivity index (χ1) is 12.8. The van der Waals surface area contributed by atoms with Crippen LogP contribution < -0.4 is 0 Å². The van der Waals surface area contributed by atoms with Gasteiger partial charge in [-0.1, -0.05) is 88.1 Å².